The molecule has 0 aromatic heterocycles. The third kappa shape index (κ3) is 5.42. The Labute approximate surface area is 166 Å². The molecule has 1 aromatic carbocycles. The topological polar surface area (TPSA) is 95.9 Å². The maximum Gasteiger partial charge on any atom is 0.337 e. The lowest BCUT2D eigenvalue weighted by atomic mass is 9.90. The number of esters is 1. The fourth-order valence-corrected chi connectivity index (χ4v) is 3.32. The second kappa shape index (κ2) is 11.0. The fraction of sp³-hybridized carbons (Fsp3) is 0.545. The molecule has 0 saturated carbocycles. The number of hydrogen-bond donors (Lipinski definition) is 3. The number of cyclic esters (lactones) is 1. The van der Waals surface area contributed by atoms with Crippen LogP contribution >= 0.6 is 0 Å². The molecule has 2 rings (SSSR count). The van der Waals surface area contributed by atoms with Crippen molar-refractivity contribution in [1.29, 1.82) is 0 Å². The lowest BCUT2D eigenvalue weighted by molar-refractivity contribution is -0.147. The number of carbonyl (C=O) groups excluding carboxylic acids is 2. The maximum atomic E-state index is 12.4. The van der Waals surface area contributed by atoms with Crippen LogP contribution < -0.4 is 5.32 Å². The van der Waals surface area contributed by atoms with E-state index in [2.05, 4.69) is 12.2 Å². The summed E-state index contributed by atoms with van der Waals surface area (Å²) in [5, 5.41) is 22.9. The summed E-state index contributed by atoms with van der Waals surface area (Å²) >= 11 is 0. The van der Waals surface area contributed by atoms with Crippen LogP contribution in [0.2, 0.25) is 0 Å². The number of unbranched alkanes of at least 4 members (excludes halogenated alkanes) is 5. The zero-order chi connectivity index (χ0) is 20.4. The number of carbonyl (C=O) groups is 2. The van der Waals surface area contributed by atoms with E-state index in [-0.39, 0.29) is 0 Å². The molecule has 3 atom stereocenters. The number of nitrogens with one attached hydrogen (secondary N) is 1. The molecule has 154 valence electrons. The standard InChI is InChI=1S/C22H31NO5/c1-2-3-4-5-6-7-8-12-15-18-19(25)22(16-24,21(27)28-18)23-20(26)17-13-10-9-11-14-17/h8-14,18-19,24-25H,2-7,15-16H2,1H3,(H,23,26)/b12-8-/t18-,19+,22+/m1/s1. The summed E-state index contributed by atoms with van der Waals surface area (Å²) in [7, 11) is 0. The van der Waals surface area contributed by atoms with Crippen LogP contribution in [-0.2, 0) is 9.53 Å². The first kappa shape index (κ1) is 22.1. The molecule has 1 heterocycles. The minimum Gasteiger partial charge on any atom is -0.457 e. The number of allylic oxidation sites excluding steroid dienone is 1. The number of amides is 1. The first-order valence-corrected chi connectivity index (χ1v) is 10.1. The van der Waals surface area contributed by atoms with E-state index < -0.39 is 36.2 Å². The lowest BCUT2D eigenvalue weighted by Gasteiger charge is -2.28. The van der Waals surface area contributed by atoms with Crippen molar-refractivity contribution < 1.29 is 24.5 Å². The predicted molar refractivity (Wildman–Crippen MR) is 107 cm³/mol. The van der Waals surface area contributed by atoms with Crippen LogP contribution in [-0.4, -0.2) is 46.4 Å². The number of benzene rings is 1. The van der Waals surface area contributed by atoms with Gasteiger partial charge in [-0.2, -0.15) is 0 Å². The Morgan fingerprint density at radius 2 is 1.89 bits per heavy atom. The van der Waals surface area contributed by atoms with E-state index in [0.717, 1.165) is 12.8 Å². The van der Waals surface area contributed by atoms with Gasteiger partial charge in [0.1, 0.15) is 12.2 Å². The summed E-state index contributed by atoms with van der Waals surface area (Å²) in [4.78, 5) is 24.8. The van der Waals surface area contributed by atoms with Gasteiger partial charge in [-0.1, -0.05) is 63.0 Å². The quantitative estimate of drug-likeness (QED) is 0.307. The largest absolute Gasteiger partial charge is 0.457 e. The second-order valence-electron chi connectivity index (χ2n) is 7.25. The monoisotopic (exact) mass is 389 g/mol. The molecule has 1 aliphatic heterocycles. The smallest absolute Gasteiger partial charge is 0.337 e. The van der Waals surface area contributed by atoms with Gasteiger partial charge in [-0.05, 0) is 25.0 Å². The molecular weight excluding hydrogens is 358 g/mol. The van der Waals surface area contributed by atoms with Gasteiger partial charge in [-0.3, -0.25) is 4.79 Å². The highest BCUT2D eigenvalue weighted by atomic mass is 16.6. The third-order valence-electron chi connectivity index (χ3n) is 5.11. The van der Waals surface area contributed by atoms with E-state index in [0.29, 0.717) is 12.0 Å². The van der Waals surface area contributed by atoms with Gasteiger partial charge in [0.05, 0.1) is 6.61 Å². The molecule has 1 aromatic rings. The normalized spacial score (nSPS) is 24.5. The third-order valence-corrected chi connectivity index (χ3v) is 5.11. The van der Waals surface area contributed by atoms with Crippen LogP contribution in [0, 0.1) is 0 Å². The van der Waals surface area contributed by atoms with Crippen LogP contribution in [0.4, 0.5) is 0 Å². The van der Waals surface area contributed by atoms with Crippen molar-refractivity contribution in [3.63, 3.8) is 0 Å². The second-order valence-corrected chi connectivity index (χ2v) is 7.25. The molecule has 0 bridgehead atoms. The maximum absolute atomic E-state index is 12.4. The highest BCUT2D eigenvalue weighted by Crippen LogP contribution is 2.29. The molecule has 0 unspecified atom stereocenters. The Hall–Kier alpha value is -2.18. The molecular formula is C22H31NO5. The molecule has 6 nitrogen and oxygen atoms in total. The first-order chi connectivity index (χ1) is 13.5. The molecule has 1 aliphatic rings. The number of ether oxygens (including phenoxy) is 1. The van der Waals surface area contributed by atoms with Gasteiger partial charge in [-0.25, -0.2) is 4.79 Å². The summed E-state index contributed by atoms with van der Waals surface area (Å²) in [6.45, 7) is 1.45. The molecule has 1 fully saturated rings. The fourth-order valence-electron chi connectivity index (χ4n) is 3.32. The van der Waals surface area contributed by atoms with Gasteiger partial charge in [0.25, 0.3) is 5.91 Å². The highest BCUT2D eigenvalue weighted by Gasteiger charge is 2.57. The number of hydrogen-bond acceptors (Lipinski definition) is 5. The highest BCUT2D eigenvalue weighted by molar-refractivity contribution is 5.99. The van der Waals surface area contributed by atoms with Crippen molar-refractivity contribution in [2.24, 2.45) is 0 Å². The Morgan fingerprint density at radius 1 is 1.18 bits per heavy atom. The van der Waals surface area contributed by atoms with E-state index in [1.807, 2.05) is 12.2 Å². The van der Waals surface area contributed by atoms with E-state index in [1.54, 1.807) is 30.3 Å². The molecule has 28 heavy (non-hydrogen) atoms. The van der Waals surface area contributed by atoms with Crippen molar-refractivity contribution in [2.75, 3.05) is 6.61 Å². The molecule has 3 N–H and O–H groups in total. The number of aliphatic hydroxyl groups excluding tert-OH is 2. The minimum atomic E-state index is -1.84. The SMILES string of the molecule is CCCCCCC/C=C\C[C@H]1OC(=O)[C@@](CO)(NC(=O)c2ccccc2)[C@H]1O. The zero-order valence-corrected chi connectivity index (χ0v) is 16.5. The molecule has 1 saturated heterocycles. The summed E-state index contributed by atoms with van der Waals surface area (Å²) in [5.41, 5.74) is -1.51. The van der Waals surface area contributed by atoms with Crippen molar-refractivity contribution in [3.05, 3.63) is 48.0 Å². The average Bonchev–Trinajstić information content (AvgIpc) is 2.95. The van der Waals surface area contributed by atoms with Crippen molar-refractivity contribution in [1.82, 2.24) is 5.32 Å². The molecule has 1 amide bonds. The molecule has 0 radical (unpaired) electrons. The number of aliphatic hydroxyl groups is 2. The van der Waals surface area contributed by atoms with Crippen LogP contribution in [0.5, 0.6) is 0 Å². The first-order valence-electron chi connectivity index (χ1n) is 10.1. The average molecular weight is 389 g/mol. The van der Waals surface area contributed by atoms with E-state index in [4.69, 9.17) is 4.74 Å². The van der Waals surface area contributed by atoms with E-state index >= 15 is 0 Å². The molecule has 0 aliphatic carbocycles. The Kier molecular flexibility index (Phi) is 8.67. The minimum absolute atomic E-state index is 0.335. The van der Waals surface area contributed by atoms with Crippen LogP contribution in [0.1, 0.15) is 62.2 Å². The molecule has 0 spiro atoms. The van der Waals surface area contributed by atoms with E-state index in [1.165, 1.54) is 25.7 Å². The lowest BCUT2D eigenvalue weighted by Crippen LogP contribution is -2.62. The Bertz CT molecular complexity index is 660. The predicted octanol–water partition coefficient (Wildman–Crippen LogP) is 2.74. The molecule has 6 heteroatoms. The zero-order valence-electron chi connectivity index (χ0n) is 16.5. The summed E-state index contributed by atoms with van der Waals surface area (Å²) in [5.74, 6) is -1.36. The van der Waals surface area contributed by atoms with Gasteiger partial charge < -0.3 is 20.3 Å². The van der Waals surface area contributed by atoms with E-state index in [9.17, 15) is 19.8 Å². The summed E-state index contributed by atoms with van der Waals surface area (Å²) in [6, 6.07) is 8.34. The van der Waals surface area contributed by atoms with Crippen molar-refractivity contribution in [2.45, 2.75) is 69.6 Å². The summed E-state index contributed by atoms with van der Waals surface area (Å²) < 4.78 is 5.26. The van der Waals surface area contributed by atoms with Crippen LogP contribution in [0.3, 0.4) is 0 Å². The van der Waals surface area contributed by atoms with Gasteiger partial charge in [0, 0.05) is 12.0 Å². The van der Waals surface area contributed by atoms with Crippen LogP contribution in [0.25, 0.3) is 0 Å². The Morgan fingerprint density at radius 3 is 2.57 bits per heavy atom. The van der Waals surface area contributed by atoms with Crippen LogP contribution in [0.15, 0.2) is 42.5 Å². The summed E-state index contributed by atoms with van der Waals surface area (Å²) in [6.07, 6.45) is 9.07. The number of rotatable bonds is 11. The van der Waals surface area contributed by atoms with Gasteiger partial charge in [0.15, 0.2) is 5.54 Å². The van der Waals surface area contributed by atoms with Crippen molar-refractivity contribution in [3.8, 4) is 0 Å². The van der Waals surface area contributed by atoms with Gasteiger partial charge in [-0.15, -0.1) is 0 Å². The van der Waals surface area contributed by atoms with Crippen molar-refractivity contribution >= 4 is 11.9 Å². The Balaban J connectivity index is 1.91. The van der Waals surface area contributed by atoms with Gasteiger partial charge in [0.2, 0.25) is 0 Å². The van der Waals surface area contributed by atoms with Gasteiger partial charge >= 0.3 is 5.97 Å².